The zero-order chi connectivity index (χ0) is 11.9. The normalized spacial score (nSPS) is 21.7. The molecule has 1 aliphatic heterocycles. The van der Waals surface area contributed by atoms with Crippen LogP contribution in [-0.2, 0) is 23.4 Å². The first kappa shape index (κ1) is 11.1. The molecule has 2 aliphatic rings. The van der Waals surface area contributed by atoms with Crippen molar-refractivity contribution in [3.63, 3.8) is 0 Å². The average molecular weight is 233 g/mol. The molecule has 1 heterocycles. The molecular weight excluding hydrogens is 214 g/mol. The second kappa shape index (κ2) is 4.00. The van der Waals surface area contributed by atoms with E-state index in [1.54, 1.807) is 6.07 Å². The first-order valence-electron chi connectivity index (χ1n) is 6.39. The molecule has 1 fully saturated rings. The Hall–Kier alpha value is -1.06. The molecule has 0 radical (unpaired) electrons. The van der Waals surface area contributed by atoms with Gasteiger partial charge >= 0.3 is 0 Å². The standard InChI is InChI=1S/C14H19NO2/c15-9-14(5-1-2-6-14)13-11-8-17-7-10(11)3-4-12(13)16/h3-4,16H,1-2,5-9,15H2. The van der Waals surface area contributed by atoms with E-state index in [-0.39, 0.29) is 5.41 Å². The molecule has 0 saturated heterocycles. The molecule has 0 unspecified atom stereocenters. The molecule has 0 bridgehead atoms. The average Bonchev–Trinajstić information content (AvgIpc) is 2.97. The maximum atomic E-state index is 10.2. The van der Waals surface area contributed by atoms with E-state index >= 15 is 0 Å². The molecule has 92 valence electrons. The van der Waals surface area contributed by atoms with Gasteiger partial charge in [-0.2, -0.15) is 0 Å². The molecule has 1 aromatic rings. The van der Waals surface area contributed by atoms with Crippen molar-refractivity contribution < 1.29 is 9.84 Å². The van der Waals surface area contributed by atoms with E-state index < -0.39 is 0 Å². The van der Waals surface area contributed by atoms with Gasteiger partial charge in [0, 0.05) is 17.5 Å². The van der Waals surface area contributed by atoms with Crippen molar-refractivity contribution >= 4 is 0 Å². The molecule has 0 amide bonds. The summed E-state index contributed by atoms with van der Waals surface area (Å²) in [5.41, 5.74) is 9.49. The fourth-order valence-electron chi connectivity index (χ4n) is 3.44. The summed E-state index contributed by atoms with van der Waals surface area (Å²) in [4.78, 5) is 0. The molecule has 3 rings (SSSR count). The zero-order valence-electron chi connectivity index (χ0n) is 10.0. The Labute approximate surface area is 102 Å². The van der Waals surface area contributed by atoms with Crippen LogP contribution in [0.25, 0.3) is 0 Å². The maximum absolute atomic E-state index is 10.2. The van der Waals surface area contributed by atoms with Gasteiger partial charge in [0.2, 0.25) is 0 Å². The van der Waals surface area contributed by atoms with Gasteiger partial charge in [-0.15, -0.1) is 0 Å². The number of hydrogen-bond acceptors (Lipinski definition) is 3. The van der Waals surface area contributed by atoms with Gasteiger partial charge in [0.05, 0.1) is 13.2 Å². The zero-order valence-corrected chi connectivity index (χ0v) is 10.0. The van der Waals surface area contributed by atoms with Crippen molar-refractivity contribution in [2.24, 2.45) is 5.73 Å². The molecule has 1 saturated carbocycles. The highest BCUT2D eigenvalue weighted by molar-refractivity contribution is 5.50. The van der Waals surface area contributed by atoms with Crippen LogP contribution in [0.15, 0.2) is 12.1 Å². The Kier molecular flexibility index (Phi) is 2.60. The summed E-state index contributed by atoms with van der Waals surface area (Å²) in [6, 6.07) is 3.78. The number of phenolic OH excluding ortho intramolecular Hbond substituents is 1. The molecule has 1 aromatic carbocycles. The van der Waals surface area contributed by atoms with E-state index in [2.05, 4.69) is 0 Å². The predicted molar refractivity (Wildman–Crippen MR) is 65.8 cm³/mol. The minimum absolute atomic E-state index is 0.0108. The van der Waals surface area contributed by atoms with Crippen LogP contribution >= 0.6 is 0 Å². The number of ether oxygens (including phenoxy) is 1. The molecule has 1 aliphatic carbocycles. The molecular formula is C14H19NO2. The maximum Gasteiger partial charge on any atom is 0.119 e. The van der Waals surface area contributed by atoms with Gasteiger partial charge < -0.3 is 15.6 Å². The van der Waals surface area contributed by atoms with Crippen LogP contribution in [0.3, 0.4) is 0 Å². The number of aromatic hydroxyl groups is 1. The summed E-state index contributed by atoms with van der Waals surface area (Å²) in [5, 5.41) is 10.2. The summed E-state index contributed by atoms with van der Waals surface area (Å²) < 4.78 is 5.51. The summed E-state index contributed by atoms with van der Waals surface area (Å²) in [6.07, 6.45) is 4.60. The van der Waals surface area contributed by atoms with Crippen molar-refractivity contribution in [1.29, 1.82) is 0 Å². The fraction of sp³-hybridized carbons (Fsp3) is 0.571. The number of fused-ring (bicyclic) bond motifs is 1. The number of phenols is 1. The topological polar surface area (TPSA) is 55.5 Å². The van der Waals surface area contributed by atoms with Crippen LogP contribution in [-0.4, -0.2) is 11.7 Å². The van der Waals surface area contributed by atoms with Crippen molar-refractivity contribution in [3.05, 3.63) is 28.8 Å². The molecule has 0 aromatic heterocycles. The second-order valence-corrected chi connectivity index (χ2v) is 5.28. The smallest absolute Gasteiger partial charge is 0.119 e. The fourth-order valence-corrected chi connectivity index (χ4v) is 3.44. The highest BCUT2D eigenvalue weighted by Gasteiger charge is 2.39. The van der Waals surface area contributed by atoms with Crippen molar-refractivity contribution in [2.45, 2.75) is 44.3 Å². The van der Waals surface area contributed by atoms with Crippen molar-refractivity contribution in [2.75, 3.05) is 6.54 Å². The Morgan fingerprint density at radius 2 is 2.00 bits per heavy atom. The summed E-state index contributed by atoms with van der Waals surface area (Å²) in [6.45, 7) is 1.92. The number of hydrogen-bond donors (Lipinski definition) is 2. The lowest BCUT2D eigenvalue weighted by molar-refractivity contribution is 0.133. The lowest BCUT2D eigenvalue weighted by Gasteiger charge is -2.30. The predicted octanol–water partition coefficient (Wildman–Crippen LogP) is 2.19. The van der Waals surface area contributed by atoms with Crippen molar-refractivity contribution in [3.8, 4) is 5.75 Å². The third-order valence-electron chi connectivity index (χ3n) is 4.37. The van der Waals surface area contributed by atoms with Gasteiger partial charge in [0.1, 0.15) is 5.75 Å². The van der Waals surface area contributed by atoms with E-state index in [0.29, 0.717) is 25.5 Å². The Bertz CT molecular complexity index is 436. The van der Waals surface area contributed by atoms with Gasteiger partial charge in [0.15, 0.2) is 0 Å². The van der Waals surface area contributed by atoms with Crippen LogP contribution in [0.1, 0.15) is 42.4 Å². The summed E-state index contributed by atoms with van der Waals surface area (Å²) in [5.74, 6) is 0.404. The first-order valence-corrected chi connectivity index (χ1v) is 6.39. The largest absolute Gasteiger partial charge is 0.508 e. The molecule has 3 N–H and O–H groups in total. The number of rotatable bonds is 2. The lowest BCUT2D eigenvalue weighted by Crippen LogP contribution is -2.33. The highest BCUT2D eigenvalue weighted by Crippen LogP contribution is 2.47. The minimum Gasteiger partial charge on any atom is -0.508 e. The van der Waals surface area contributed by atoms with E-state index in [1.165, 1.54) is 24.0 Å². The molecule has 0 atom stereocenters. The number of nitrogens with two attached hydrogens (primary N) is 1. The van der Waals surface area contributed by atoms with E-state index in [0.717, 1.165) is 18.4 Å². The van der Waals surface area contributed by atoms with Gasteiger partial charge in [0.25, 0.3) is 0 Å². The second-order valence-electron chi connectivity index (χ2n) is 5.28. The van der Waals surface area contributed by atoms with Gasteiger partial charge in [-0.3, -0.25) is 0 Å². The Morgan fingerprint density at radius 1 is 1.24 bits per heavy atom. The quantitative estimate of drug-likeness (QED) is 0.823. The Morgan fingerprint density at radius 3 is 2.71 bits per heavy atom. The van der Waals surface area contributed by atoms with E-state index in [1.807, 2.05) is 6.07 Å². The molecule has 3 nitrogen and oxygen atoms in total. The van der Waals surface area contributed by atoms with Crippen LogP contribution in [0.2, 0.25) is 0 Å². The lowest BCUT2D eigenvalue weighted by atomic mass is 9.75. The summed E-state index contributed by atoms with van der Waals surface area (Å²) in [7, 11) is 0. The van der Waals surface area contributed by atoms with Crippen molar-refractivity contribution in [1.82, 2.24) is 0 Å². The van der Waals surface area contributed by atoms with E-state index in [9.17, 15) is 5.11 Å². The van der Waals surface area contributed by atoms with Crippen LogP contribution in [0, 0.1) is 0 Å². The van der Waals surface area contributed by atoms with Gasteiger partial charge in [-0.1, -0.05) is 18.9 Å². The molecule has 0 spiro atoms. The third kappa shape index (κ3) is 1.57. The molecule has 17 heavy (non-hydrogen) atoms. The molecule has 3 heteroatoms. The first-order chi connectivity index (χ1) is 8.27. The third-order valence-corrected chi connectivity index (χ3v) is 4.37. The SMILES string of the molecule is NCC1(c2c(O)ccc3c2COC3)CCCC1. The van der Waals surface area contributed by atoms with Gasteiger partial charge in [-0.25, -0.2) is 0 Å². The minimum atomic E-state index is -0.0108. The Balaban J connectivity index is 2.16. The van der Waals surface area contributed by atoms with Crippen LogP contribution in [0.5, 0.6) is 5.75 Å². The summed E-state index contributed by atoms with van der Waals surface area (Å²) >= 11 is 0. The number of benzene rings is 1. The highest BCUT2D eigenvalue weighted by atomic mass is 16.5. The van der Waals surface area contributed by atoms with E-state index in [4.69, 9.17) is 10.5 Å². The van der Waals surface area contributed by atoms with Gasteiger partial charge in [-0.05, 0) is 30.0 Å². The van der Waals surface area contributed by atoms with Crippen LogP contribution < -0.4 is 5.73 Å². The van der Waals surface area contributed by atoms with Crippen LogP contribution in [0.4, 0.5) is 0 Å². The monoisotopic (exact) mass is 233 g/mol.